The number of ether oxygens (including phenoxy) is 1. The van der Waals surface area contributed by atoms with Crippen LogP contribution in [0.2, 0.25) is 0 Å². The SMILES string of the molecule is Cc1ccc2c(-c3cnc(OCC(C)(N)CC(C)C)c(C(F)F)c3)ccnc2c1. The number of nitrogens with zero attached hydrogens (tertiary/aromatic N) is 2. The van der Waals surface area contributed by atoms with Crippen LogP contribution in [0.1, 0.15) is 44.7 Å². The van der Waals surface area contributed by atoms with Crippen molar-refractivity contribution in [1.29, 1.82) is 0 Å². The van der Waals surface area contributed by atoms with E-state index in [1.165, 1.54) is 6.07 Å². The van der Waals surface area contributed by atoms with Gasteiger partial charge in [-0.1, -0.05) is 26.0 Å². The van der Waals surface area contributed by atoms with Crippen molar-refractivity contribution in [3.63, 3.8) is 0 Å². The lowest BCUT2D eigenvalue weighted by molar-refractivity contribution is 0.137. The first-order valence-corrected chi connectivity index (χ1v) is 9.72. The van der Waals surface area contributed by atoms with E-state index in [1.807, 2.05) is 38.1 Å². The summed E-state index contributed by atoms with van der Waals surface area (Å²) in [5.41, 5.74) is 8.69. The van der Waals surface area contributed by atoms with Gasteiger partial charge in [0.25, 0.3) is 6.43 Å². The molecule has 0 spiro atoms. The quantitative estimate of drug-likeness (QED) is 0.555. The van der Waals surface area contributed by atoms with E-state index in [9.17, 15) is 8.78 Å². The Labute approximate surface area is 170 Å². The standard InChI is InChI=1S/C23H27F2N3O/c1-14(2)11-23(4,26)13-29-22-19(21(24)25)10-16(12-28-22)17-7-8-27-20-9-15(3)5-6-18(17)20/h5-10,12,14,21H,11,13,26H2,1-4H3. The van der Waals surface area contributed by atoms with Gasteiger partial charge in [0, 0.05) is 28.9 Å². The zero-order valence-corrected chi connectivity index (χ0v) is 17.2. The molecular weight excluding hydrogens is 372 g/mol. The topological polar surface area (TPSA) is 61.0 Å². The first kappa shape index (κ1) is 21.1. The number of pyridine rings is 2. The molecule has 3 rings (SSSR count). The van der Waals surface area contributed by atoms with E-state index in [4.69, 9.17) is 10.5 Å². The van der Waals surface area contributed by atoms with E-state index < -0.39 is 12.0 Å². The van der Waals surface area contributed by atoms with Crippen LogP contribution in [0.4, 0.5) is 8.78 Å². The van der Waals surface area contributed by atoms with Crippen molar-refractivity contribution in [1.82, 2.24) is 9.97 Å². The largest absolute Gasteiger partial charge is 0.475 e. The molecule has 1 atom stereocenters. The Morgan fingerprint density at radius 3 is 2.59 bits per heavy atom. The molecule has 0 aliphatic carbocycles. The van der Waals surface area contributed by atoms with E-state index >= 15 is 0 Å². The molecule has 154 valence electrons. The first-order valence-electron chi connectivity index (χ1n) is 9.72. The van der Waals surface area contributed by atoms with Crippen LogP contribution >= 0.6 is 0 Å². The van der Waals surface area contributed by atoms with Gasteiger partial charge < -0.3 is 10.5 Å². The van der Waals surface area contributed by atoms with E-state index in [0.29, 0.717) is 11.5 Å². The number of rotatable bonds is 7. The predicted octanol–water partition coefficient (Wildman–Crippen LogP) is 5.69. The fraction of sp³-hybridized carbons (Fsp3) is 0.391. The molecule has 2 heterocycles. The molecule has 0 radical (unpaired) electrons. The molecule has 0 amide bonds. The number of hydrogen-bond donors (Lipinski definition) is 1. The number of aromatic nitrogens is 2. The second-order valence-corrected chi connectivity index (χ2v) is 8.34. The third-order valence-electron chi connectivity index (χ3n) is 4.74. The summed E-state index contributed by atoms with van der Waals surface area (Å²) in [7, 11) is 0. The fourth-order valence-electron chi connectivity index (χ4n) is 3.63. The number of halogens is 2. The summed E-state index contributed by atoms with van der Waals surface area (Å²) in [5.74, 6) is 0.306. The molecule has 6 heteroatoms. The molecule has 0 aliphatic rings. The lowest BCUT2D eigenvalue weighted by Gasteiger charge is -2.26. The summed E-state index contributed by atoms with van der Waals surface area (Å²) in [6.45, 7) is 8.08. The van der Waals surface area contributed by atoms with Crippen molar-refractivity contribution in [2.24, 2.45) is 11.7 Å². The number of alkyl halides is 2. The maximum Gasteiger partial charge on any atom is 0.269 e. The van der Waals surface area contributed by atoms with Gasteiger partial charge in [-0.25, -0.2) is 13.8 Å². The zero-order chi connectivity index (χ0) is 21.2. The van der Waals surface area contributed by atoms with Crippen LogP contribution in [0.25, 0.3) is 22.0 Å². The summed E-state index contributed by atoms with van der Waals surface area (Å²) >= 11 is 0. The van der Waals surface area contributed by atoms with Gasteiger partial charge in [0.05, 0.1) is 11.1 Å². The molecule has 4 nitrogen and oxygen atoms in total. The van der Waals surface area contributed by atoms with Crippen LogP contribution in [0.3, 0.4) is 0 Å². The average molecular weight is 399 g/mol. The van der Waals surface area contributed by atoms with E-state index in [0.717, 1.165) is 28.5 Å². The Balaban J connectivity index is 1.95. The molecule has 1 unspecified atom stereocenters. The Morgan fingerprint density at radius 2 is 1.90 bits per heavy atom. The van der Waals surface area contributed by atoms with E-state index in [-0.39, 0.29) is 18.1 Å². The van der Waals surface area contributed by atoms with Gasteiger partial charge in [-0.2, -0.15) is 0 Å². The van der Waals surface area contributed by atoms with Crippen LogP contribution in [0.5, 0.6) is 5.88 Å². The first-order chi connectivity index (χ1) is 13.7. The summed E-state index contributed by atoms with van der Waals surface area (Å²) in [4.78, 5) is 8.58. The molecule has 0 fully saturated rings. The fourth-order valence-corrected chi connectivity index (χ4v) is 3.63. The minimum absolute atomic E-state index is 0.0709. The molecule has 2 aromatic heterocycles. The zero-order valence-electron chi connectivity index (χ0n) is 17.2. The molecule has 0 saturated heterocycles. The maximum atomic E-state index is 13.8. The Hall–Kier alpha value is -2.60. The highest BCUT2D eigenvalue weighted by atomic mass is 19.3. The molecule has 0 aliphatic heterocycles. The second kappa shape index (κ2) is 8.41. The van der Waals surface area contributed by atoms with Crippen molar-refractivity contribution >= 4 is 10.9 Å². The molecule has 2 N–H and O–H groups in total. The van der Waals surface area contributed by atoms with Crippen molar-refractivity contribution < 1.29 is 13.5 Å². The second-order valence-electron chi connectivity index (χ2n) is 8.34. The Morgan fingerprint density at radius 1 is 1.14 bits per heavy atom. The van der Waals surface area contributed by atoms with Crippen LogP contribution < -0.4 is 10.5 Å². The monoisotopic (exact) mass is 399 g/mol. The molecular formula is C23H27F2N3O. The molecule has 29 heavy (non-hydrogen) atoms. The highest BCUT2D eigenvalue weighted by molar-refractivity contribution is 5.94. The van der Waals surface area contributed by atoms with Gasteiger partial charge in [-0.05, 0) is 55.5 Å². The van der Waals surface area contributed by atoms with Crippen molar-refractivity contribution in [3.8, 4) is 17.0 Å². The van der Waals surface area contributed by atoms with E-state index in [1.54, 1.807) is 12.4 Å². The summed E-state index contributed by atoms with van der Waals surface area (Å²) in [6.07, 6.45) is 1.25. The van der Waals surface area contributed by atoms with Gasteiger partial charge in [0.2, 0.25) is 5.88 Å². The predicted molar refractivity (Wildman–Crippen MR) is 112 cm³/mol. The Bertz CT molecular complexity index is 1000. The number of aryl methyl sites for hydroxylation is 1. The maximum absolute atomic E-state index is 13.8. The lowest BCUT2D eigenvalue weighted by Crippen LogP contribution is -2.43. The van der Waals surface area contributed by atoms with Crippen LogP contribution in [0.15, 0.2) is 42.7 Å². The Kier molecular flexibility index (Phi) is 6.13. The number of nitrogens with two attached hydrogens (primary N) is 1. The molecule has 0 bridgehead atoms. The van der Waals surface area contributed by atoms with Gasteiger partial charge in [-0.15, -0.1) is 0 Å². The molecule has 1 aromatic carbocycles. The van der Waals surface area contributed by atoms with Gasteiger partial charge in [0.1, 0.15) is 6.61 Å². The van der Waals surface area contributed by atoms with Crippen LogP contribution in [0, 0.1) is 12.8 Å². The average Bonchev–Trinajstić information content (AvgIpc) is 2.64. The summed E-state index contributed by atoms with van der Waals surface area (Å²) < 4.78 is 33.1. The summed E-state index contributed by atoms with van der Waals surface area (Å²) in [5, 5.41) is 0.889. The highest BCUT2D eigenvalue weighted by Gasteiger charge is 2.24. The normalized spacial score (nSPS) is 13.8. The van der Waals surface area contributed by atoms with E-state index in [2.05, 4.69) is 23.8 Å². The third-order valence-corrected chi connectivity index (χ3v) is 4.74. The molecule has 0 saturated carbocycles. The highest BCUT2D eigenvalue weighted by Crippen LogP contribution is 2.34. The van der Waals surface area contributed by atoms with Crippen molar-refractivity contribution in [2.45, 2.75) is 46.1 Å². The number of hydrogen-bond acceptors (Lipinski definition) is 4. The third kappa shape index (κ3) is 5.07. The van der Waals surface area contributed by atoms with Gasteiger partial charge in [0.15, 0.2) is 0 Å². The minimum Gasteiger partial charge on any atom is -0.475 e. The summed E-state index contributed by atoms with van der Waals surface area (Å²) in [6, 6.07) is 9.14. The van der Waals surface area contributed by atoms with Crippen LogP contribution in [-0.4, -0.2) is 22.1 Å². The van der Waals surface area contributed by atoms with Gasteiger partial charge in [-0.3, -0.25) is 4.98 Å². The molecule has 3 aromatic rings. The van der Waals surface area contributed by atoms with Crippen molar-refractivity contribution in [3.05, 3.63) is 53.9 Å². The lowest BCUT2D eigenvalue weighted by atomic mass is 9.93. The smallest absolute Gasteiger partial charge is 0.269 e. The van der Waals surface area contributed by atoms with Crippen LogP contribution in [-0.2, 0) is 0 Å². The van der Waals surface area contributed by atoms with Gasteiger partial charge >= 0.3 is 0 Å². The van der Waals surface area contributed by atoms with Crippen molar-refractivity contribution in [2.75, 3.05) is 6.61 Å². The minimum atomic E-state index is -2.71. The number of fused-ring (bicyclic) bond motifs is 1. The number of benzene rings is 1.